The number of amides is 2. The third kappa shape index (κ3) is 3.63. The Labute approximate surface area is 122 Å². The predicted molar refractivity (Wildman–Crippen MR) is 77.4 cm³/mol. The van der Waals surface area contributed by atoms with Crippen LogP contribution in [0, 0.1) is 5.92 Å². The number of hydrogen-bond donors (Lipinski definition) is 2. The average molecular weight is 297 g/mol. The molecule has 2 amide bonds. The number of rotatable bonds is 5. The molecule has 5 nitrogen and oxygen atoms in total. The van der Waals surface area contributed by atoms with Crippen LogP contribution < -0.4 is 5.32 Å². The first-order chi connectivity index (χ1) is 9.51. The summed E-state index contributed by atoms with van der Waals surface area (Å²) in [6, 6.07) is 4.05. The lowest BCUT2D eigenvalue weighted by atomic mass is 10.2. The lowest BCUT2D eigenvalue weighted by molar-refractivity contribution is 0.0697. The first-order valence-corrected chi connectivity index (χ1v) is 6.97. The van der Waals surface area contributed by atoms with Crippen molar-refractivity contribution in [3.8, 4) is 0 Å². The number of benzene rings is 1. The van der Waals surface area contributed by atoms with Gasteiger partial charge in [-0.1, -0.05) is 11.6 Å². The molecule has 0 saturated heterocycles. The maximum atomic E-state index is 12.1. The van der Waals surface area contributed by atoms with Crippen LogP contribution in [0.1, 0.15) is 30.1 Å². The van der Waals surface area contributed by atoms with Gasteiger partial charge >= 0.3 is 12.0 Å². The second-order valence-electron chi connectivity index (χ2n) is 4.91. The Hall–Kier alpha value is -1.75. The van der Waals surface area contributed by atoms with E-state index in [4.69, 9.17) is 16.7 Å². The van der Waals surface area contributed by atoms with Gasteiger partial charge in [0.15, 0.2) is 0 Å². The molecule has 20 heavy (non-hydrogen) atoms. The Bertz CT molecular complexity index is 529. The van der Waals surface area contributed by atoms with Crippen LogP contribution in [0.25, 0.3) is 0 Å². The molecule has 108 valence electrons. The maximum Gasteiger partial charge on any atom is 0.335 e. The molecule has 0 aromatic heterocycles. The van der Waals surface area contributed by atoms with E-state index in [1.54, 1.807) is 4.90 Å². The summed E-state index contributed by atoms with van der Waals surface area (Å²) in [5, 5.41) is 11.8. The van der Waals surface area contributed by atoms with Crippen LogP contribution in [0.5, 0.6) is 0 Å². The van der Waals surface area contributed by atoms with Gasteiger partial charge in [-0.3, -0.25) is 0 Å². The largest absolute Gasteiger partial charge is 0.478 e. The molecule has 6 heteroatoms. The standard InChI is InChI=1S/C14H17ClN2O3/c1-2-17(8-9-3-4-9)14(20)16-12-6-5-10(13(18)19)7-11(12)15/h5-7,9H,2-4,8H2,1H3,(H,16,20)(H,18,19). The first kappa shape index (κ1) is 14.7. The predicted octanol–water partition coefficient (Wildman–Crippen LogP) is 3.30. The van der Waals surface area contributed by atoms with E-state index in [9.17, 15) is 9.59 Å². The zero-order chi connectivity index (χ0) is 14.7. The van der Waals surface area contributed by atoms with Crippen molar-refractivity contribution in [1.82, 2.24) is 4.90 Å². The van der Waals surface area contributed by atoms with Crippen molar-refractivity contribution in [3.05, 3.63) is 28.8 Å². The van der Waals surface area contributed by atoms with Gasteiger partial charge in [0, 0.05) is 13.1 Å². The highest BCUT2D eigenvalue weighted by atomic mass is 35.5. The van der Waals surface area contributed by atoms with Gasteiger partial charge in [0.05, 0.1) is 16.3 Å². The van der Waals surface area contributed by atoms with Crippen LogP contribution >= 0.6 is 11.6 Å². The molecule has 1 saturated carbocycles. The Morgan fingerprint density at radius 3 is 2.65 bits per heavy atom. The minimum absolute atomic E-state index is 0.0957. The van der Waals surface area contributed by atoms with Crippen molar-refractivity contribution >= 4 is 29.3 Å². The molecule has 0 aliphatic heterocycles. The highest BCUT2D eigenvalue weighted by molar-refractivity contribution is 6.34. The number of halogens is 1. The molecular formula is C14H17ClN2O3. The summed E-state index contributed by atoms with van der Waals surface area (Å²) >= 11 is 5.99. The molecule has 1 fully saturated rings. The Morgan fingerprint density at radius 2 is 2.15 bits per heavy atom. The van der Waals surface area contributed by atoms with E-state index in [1.165, 1.54) is 31.0 Å². The fourth-order valence-electron chi connectivity index (χ4n) is 1.91. The molecule has 1 aliphatic rings. The number of nitrogens with zero attached hydrogens (tertiary/aromatic N) is 1. The highest BCUT2D eigenvalue weighted by Crippen LogP contribution is 2.30. The van der Waals surface area contributed by atoms with E-state index in [2.05, 4.69) is 5.32 Å². The normalized spacial score (nSPS) is 13.9. The number of carboxylic acids is 1. The van der Waals surface area contributed by atoms with Gasteiger partial charge in [-0.15, -0.1) is 0 Å². The van der Waals surface area contributed by atoms with Crippen molar-refractivity contribution in [2.45, 2.75) is 19.8 Å². The number of hydrogen-bond acceptors (Lipinski definition) is 2. The van der Waals surface area contributed by atoms with Crippen LogP contribution in [-0.4, -0.2) is 35.1 Å². The zero-order valence-corrected chi connectivity index (χ0v) is 12.0. The molecule has 2 N–H and O–H groups in total. The van der Waals surface area contributed by atoms with E-state index < -0.39 is 5.97 Å². The van der Waals surface area contributed by atoms with Crippen molar-refractivity contribution in [1.29, 1.82) is 0 Å². The fourth-order valence-corrected chi connectivity index (χ4v) is 2.14. The Kier molecular flexibility index (Phi) is 4.49. The second-order valence-corrected chi connectivity index (χ2v) is 5.32. The van der Waals surface area contributed by atoms with Gasteiger partial charge in [0.2, 0.25) is 0 Å². The number of anilines is 1. The summed E-state index contributed by atoms with van der Waals surface area (Å²) in [5.74, 6) is -0.431. The zero-order valence-electron chi connectivity index (χ0n) is 11.2. The number of carbonyl (C=O) groups excluding carboxylic acids is 1. The Balaban J connectivity index is 2.04. The monoisotopic (exact) mass is 296 g/mol. The SMILES string of the molecule is CCN(CC1CC1)C(=O)Nc1ccc(C(=O)O)cc1Cl. The van der Waals surface area contributed by atoms with E-state index >= 15 is 0 Å². The Morgan fingerprint density at radius 1 is 1.45 bits per heavy atom. The molecule has 0 unspecified atom stereocenters. The van der Waals surface area contributed by atoms with Gasteiger partial charge in [0.25, 0.3) is 0 Å². The fraction of sp³-hybridized carbons (Fsp3) is 0.429. The van der Waals surface area contributed by atoms with Crippen molar-refractivity contribution in [2.75, 3.05) is 18.4 Å². The highest BCUT2D eigenvalue weighted by Gasteiger charge is 2.26. The lowest BCUT2D eigenvalue weighted by Gasteiger charge is -2.21. The summed E-state index contributed by atoms with van der Waals surface area (Å²) < 4.78 is 0. The molecule has 1 aliphatic carbocycles. The van der Waals surface area contributed by atoms with Gasteiger partial charge < -0.3 is 15.3 Å². The number of carboxylic acid groups (broad SMARTS) is 1. The minimum Gasteiger partial charge on any atom is -0.478 e. The smallest absolute Gasteiger partial charge is 0.335 e. The second kappa shape index (κ2) is 6.13. The summed E-state index contributed by atoms with van der Waals surface area (Å²) in [6.07, 6.45) is 2.36. The number of carbonyl (C=O) groups is 2. The molecule has 0 atom stereocenters. The molecule has 0 heterocycles. The third-order valence-electron chi connectivity index (χ3n) is 3.30. The van der Waals surface area contributed by atoms with E-state index in [0.717, 1.165) is 6.54 Å². The lowest BCUT2D eigenvalue weighted by Crippen LogP contribution is -2.36. The molecule has 0 radical (unpaired) electrons. The van der Waals surface area contributed by atoms with Crippen LogP contribution in [0.2, 0.25) is 5.02 Å². The van der Waals surface area contributed by atoms with Gasteiger partial charge in [-0.2, -0.15) is 0 Å². The topological polar surface area (TPSA) is 69.6 Å². The van der Waals surface area contributed by atoms with Gasteiger partial charge in [-0.05, 0) is 43.9 Å². The van der Waals surface area contributed by atoms with Crippen LogP contribution in [-0.2, 0) is 0 Å². The van der Waals surface area contributed by atoms with Crippen LogP contribution in [0.3, 0.4) is 0 Å². The molecule has 1 aromatic rings. The van der Waals surface area contributed by atoms with Gasteiger partial charge in [-0.25, -0.2) is 9.59 Å². The summed E-state index contributed by atoms with van der Waals surface area (Å²) in [6.45, 7) is 3.32. The summed E-state index contributed by atoms with van der Waals surface area (Å²) in [5.41, 5.74) is 0.522. The van der Waals surface area contributed by atoms with E-state index in [1.807, 2.05) is 6.92 Å². The third-order valence-corrected chi connectivity index (χ3v) is 3.61. The molecule has 0 bridgehead atoms. The molecular weight excluding hydrogens is 280 g/mol. The number of aromatic carboxylic acids is 1. The molecule has 0 spiro atoms. The summed E-state index contributed by atoms with van der Waals surface area (Å²) in [4.78, 5) is 24.7. The average Bonchev–Trinajstić information content (AvgIpc) is 3.21. The van der Waals surface area contributed by atoms with Crippen molar-refractivity contribution in [2.24, 2.45) is 5.92 Å². The molecule has 2 rings (SSSR count). The van der Waals surface area contributed by atoms with Crippen molar-refractivity contribution < 1.29 is 14.7 Å². The summed E-state index contributed by atoms with van der Waals surface area (Å²) in [7, 11) is 0. The number of nitrogens with one attached hydrogen (secondary N) is 1. The number of urea groups is 1. The van der Waals surface area contributed by atoms with Gasteiger partial charge in [0.1, 0.15) is 0 Å². The maximum absolute atomic E-state index is 12.1. The molecule has 1 aromatic carbocycles. The van der Waals surface area contributed by atoms with E-state index in [0.29, 0.717) is 18.2 Å². The minimum atomic E-state index is -1.05. The quantitative estimate of drug-likeness (QED) is 0.876. The first-order valence-electron chi connectivity index (χ1n) is 6.60. The van der Waals surface area contributed by atoms with Crippen molar-refractivity contribution in [3.63, 3.8) is 0 Å². The van der Waals surface area contributed by atoms with E-state index in [-0.39, 0.29) is 16.6 Å². The van der Waals surface area contributed by atoms with Crippen LogP contribution in [0.4, 0.5) is 10.5 Å². The van der Waals surface area contributed by atoms with Crippen LogP contribution in [0.15, 0.2) is 18.2 Å².